The van der Waals surface area contributed by atoms with Gasteiger partial charge in [-0.1, -0.05) is 34.6 Å². The van der Waals surface area contributed by atoms with E-state index < -0.39 is 11.6 Å². The summed E-state index contributed by atoms with van der Waals surface area (Å²) in [6.45, 7) is 3.97. The number of aliphatic hydroxyl groups is 1. The molecule has 0 atom stereocenters. The summed E-state index contributed by atoms with van der Waals surface area (Å²) in [5.74, 6) is -0.632. The molecule has 0 amide bonds. The minimum atomic E-state index is -1.13. The van der Waals surface area contributed by atoms with Crippen molar-refractivity contribution in [2.24, 2.45) is 0 Å². The highest BCUT2D eigenvalue weighted by atomic mass is 16.5. The van der Waals surface area contributed by atoms with Crippen LogP contribution in [0.25, 0.3) is 11.3 Å². The molecule has 1 aliphatic rings. The normalized spacial score (nSPS) is 19.3. The van der Waals surface area contributed by atoms with Crippen molar-refractivity contribution in [2.75, 3.05) is 0 Å². The number of carbonyl (C=O) groups is 1. The Morgan fingerprint density at radius 1 is 1.19 bits per heavy atom. The number of aromatic nitrogens is 5. The number of aromatic amines is 1. The molecule has 1 saturated carbocycles. The number of carboxylic acids is 1. The first-order chi connectivity index (χ1) is 14.8. The van der Waals surface area contributed by atoms with Crippen molar-refractivity contribution in [1.82, 2.24) is 25.2 Å². The summed E-state index contributed by atoms with van der Waals surface area (Å²) in [6.07, 6.45) is 5.27. The molecule has 31 heavy (non-hydrogen) atoms. The van der Waals surface area contributed by atoms with E-state index in [2.05, 4.69) is 44.8 Å². The third-order valence-electron chi connectivity index (χ3n) is 5.61. The van der Waals surface area contributed by atoms with Crippen molar-refractivity contribution in [1.29, 1.82) is 0 Å². The molecular weight excluding hydrogens is 398 g/mol. The summed E-state index contributed by atoms with van der Waals surface area (Å²) in [5, 5.41) is 33.2. The van der Waals surface area contributed by atoms with Gasteiger partial charge in [-0.2, -0.15) is 5.10 Å². The Morgan fingerprint density at radius 3 is 2.55 bits per heavy atom. The van der Waals surface area contributed by atoms with Gasteiger partial charge >= 0.3 is 5.97 Å². The Morgan fingerprint density at radius 2 is 1.90 bits per heavy atom. The molecule has 0 saturated heterocycles. The zero-order chi connectivity index (χ0) is 22.0. The number of carboxylic acid groups (broad SMARTS) is 1. The fourth-order valence-corrected chi connectivity index (χ4v) is 4.11. The van der Waals surface area contributed by atoms with Crippen LogP contribution in [-0.2, 0) is 6.54 Å². The van der Waals surface area contributed by atoms with E-state index in [1.54, 1.807) is 20.0 Å². The third-order valence-corrected chi connectivity index (χ3v) is 5.61. The number of nitrogens with one attached hydrogen (secondary N) is 1. The van der Waals surface area contributed by atoms with Crippen LogP contribution in [0.1, 0.15) is 61.5 Å². The fourth-order valence-electron chi connectivity index (χ4n) is 4.11. The molecule has 0 radical (unpaired) electrons. The van der Waals surface area contributed by atoms with E-state index >= 15 is 0 Å². The highest BCUT2D eigenvalue weighted by Gasteiger charge is 2.26. The number of rotatable bonds is 7. The van der Waals surface area contributed by atoms with E-state index in [9.17, 15) is 9.90 Å². The molecule has 1 aliphatic carbocycles. The Labute approximate surface area is 180 Å². The molecular formula is C22H27N5O4. The predicted octanol–water partition coefficient (Wildman–Crippen LogP) is 3.24. The van der Waals surface area contributed by atoms with Gasteiger partial charge in [0.15, 0.2) is 0 Å². The smallest absolute Gasteiger partial charge is 0.359 e. The SMILES string of the molecule is CC(C)(O)Cn1nccc1-c1ccc(C2CCC(Oc3nn[nH]c3C(=O)O)CC2)cc1. The average molecular weight is 425 g/mol. The van der Waals surface area contributed by atoms with Gasteiger partial charge in [0.05, 0.1) is 17.8 Å². The Hall–Kier alpha value is -3.20. The monoisotopic (exact) mass is 425 g/mol. The first-order valence-electron chi connectivity index (χ1n) is 10.5. The number of nitrogens with zero attached hydrogens (tertiary/aromatic N) is 4. The molecule has 0 spiro atoms. The number of aromatic carboxylic acids is 1. The zero-order valence-electron chi connectivity index (χ0n) is 17.7. The van der Waals surface area contributed by atoms with Gasteiger partial charge < -0.3 is 14.9 Å². The van der Waals surface area contributed by atoms with Gasteiger partial charge in [-0.25, -0.2) is 9.89 Å². The first-order valence-corrected chi connectivity index (χ1v) is 10.5. The van der Waals surface area contributed by atoms with Gasteiger partial charge in [0.25, 0.3) is 5.88 Å². The van der Waals surface area contributed by atoms with E-state index in [0.29, 0.717) is 12.5 Å². The van der Waals surface area contributed by atoms with Crippen LogP contribution >= 0.6 is 0 Å². The number of ether oxygens (including phenoxy) is 1. The van der Waals surface area contributed by atoms with Crippen LogP contribution in [0.3, 0.4) is 0 Å². The lowest BCUT2D eigenvalue weighted by molar-refractivity contribution is 0.0582. The standard InChI is InChI=1S/C22H27N5O4/c1-22(2,30)13-27-18(11-12-23-27)16-5-3-14(4-6-16)15-7-9-17(10-8-15)31-20-19(21(28)29)24-26-25-20/h3-6,11-12,15,17,30H,7-10,13H2,1-2H3,(H,28,29)(H,24,25,26). The summed E-state index contributed by atoms with van der Waals surface area (Å²) in [7, 11) is 0. The van der Waals surface area contributed by atoms with Gasteiger partial charge in [-0.3, -0.25) is 4.68 Å². The van der Waals surface area contributed by atoms with E-state index in [4.69, 9.17) is 9.84 Å². The van der Waals surface area contributed by atoms with Crippen molar-refractivity contribution in [2.45, 2.75) is 63.7 Å². The second-order valence-corrected chi connectivity index (χ2v) is 8.70. The maximum atomic E-state index is 11.2. The van der Waals surface area contributed by atoms with Crippen LogP contribution in [0.15, 0.2) is 36.5 Å². The largest absolute Gasteiger partial charge is 0.476 e. The quantitative estimate of drug-likeness (QED) is 0.530. The lowest BCUT2D eigenvalue weighted by atomic mass is 9.82. The van der Waals surface area contributed by atoms with Crippen LogP contribution in [0, 0.1) is 0 Å². The molecule has 164 valence electrons. The average Bonchev–Trinajstić information content (AvgIpc) is 3.37. The van der Waals surface area contributed by atoms with Crippen molar-refractivity contribution in [3.8, 4) is 17.1 Å². The number of H-pyrrole nitrogens is 1. The topological polar surface area (TPSA) is 126 Å². The van der Waals surface area contributed by atoms with Crippen molar-refractivity contribution >= 4 is 5.97 Å². The minimum absolute atomic E-state index is 0.0583. The number of benzene rings is 1. The molecule has 1 fully saturated rings. The van der Waals surface area contributed by atoms with E-state index in [-0.39, 0.29) is 17.7 Å². The van der Waals surface area contributed by atoms with Crippen LogP contribution in [0.5, 0.6) is 5.88 Å². The number of hydrogen-bond acceptors (Lipinski definition) is 6. The molecule has 0 aliphatic heterocycles. The molecule has 0 unspecified atom stereocenters. The Kier molecular flexibility index (Phi) is 5.77. The predicted molar refractivity (Wildman–Crippen MR) is 113 cm³/mol. The molecule has 9 nitrogen and oxygen atoms in total. The molecule has 3 N–H and O–H groups in total. The van der Waals surface area contributed by atoms with Crippen molar-refractivity contribution in [3.63, 3.8) is 0 Å². The van der Waals surface area contributed by atoms with Crippen molar-refractivity contribution in [3.05, 3.63) is 47.8 Å². The molecule has 2 aromatic heterocycles. The summed E-state index contributed by atoms with van der Waals surface area (Å²) >= 11 is 0. The molecule has 1 aromatic carbocycles. The number of hydrogen-bond donors (Lipinski definition) is 3. The van der Waals surface area contributed by atoms with Crippen LogP contribution in [-0.4, -0.2) is 53.1 Å². The van der Waals surface area contributed by atoms with E-state index in [0.717, 1.165) is 36.9 Å². The lowest BCUT2D eigenvalue weighted by Crippen LogP contribution is -2.27. The Balaban J connectivity index is 1.37. The van der Waals surface area contributed by atoms with E-state index in [1.807, 2.05) is 10.7 Å². The fraction of sp³-hybridized carbons (Fsp3) is 0.455. The van der Waals surface area contributed by atoms with E-state index in [1.165, 1.54) is 5.56 Å². The van der Waals surface area contributed by atoms with Gasteiger partial charge in [-0.05, 0) is 62.6 Å². The summed E-state index contributed by atoms with van der Waals surface area (Å²) < 4.78 is 7.60. The summed E-state index contributed by atoms with van der Waals surface area (Å²) in [5.41, 5.74) is 2.38. The molecule has 2 heterocycles. The molecule has 3 aromatic rings. The second kappa shape index (κ2) is 8.50. The first kappa shape index (κ1) is 21.0. The molecule has 9 heteroatoms. The summed E-state index contributed by atoms with van der Waals surface area (Å²) in [4.78, 5) is 11.2. The third kappa shape index (κ3) is 4.93. The second-order valence-electron chi connectivity index (χ2n) is 8.70. The highest BCUT2D eigenvalue weighted by Crippen LogP contribution is 2.35. The highest BCUT2D eigenvalue weighted by molar-refractivity contribution is 5.87. The van der Waals surface area contributed by atoms with Crippen molar-refractivity contribution < 1.29 is 19.7 Å². The van der Waals surface area contributed by atoms with Gasteiger partial charge in [0.1, 0.15) is 6.10 Å². The molecule has 4 rings (SSSR count). The van der Waals surface area contributed by atoms with Crippen LogP contribution in [0.4, 0.5) is 0 Å². The van der Waals surface area contributed by atoms with Crippen LogP contribution in [0.2, 0.25) is 0 Å². The van der Waals surface area contributed by atoms with Gasteiger partial charge in [0, 0.05) is 6.20 Å². The van der Waals surface area contributed by atoms with Gasteiger partial charge in [-0.15, -0.1) is 0 Å². The molecule has 0 bridgehead atoms. The van der Waals surface area contributed by atoms with Gasteiger partial charge in [0.2, 0.25) is 5.69 Å². The maximum Gasteiger partial charge on any atom is 0.359 e. The maximum absolute atomic E-state index is 11.2. The summed E-state index contributed by atoms with van der Waals surface area (Å²) in [6, 6.07) is 10.5. The van der Waals surface area contributed by atoms with Crippen LogP contribution < -0.4 is 4.74 Å². The zero-order valence-corrected chi connectivity index (χ0v) is 17.7. The lowest BCUT2D eigenvalue weighted by Gasteiger charge is -2.28. The minimum Gasteiger partial charge on any atom is -0.476 e. The Bertz CT molecular complexity index is 1030.